The Balaban J connectivity index is 2.31. The van der Waals surface area contributed by atoms with E-state index in [1.807, 2.05) is 6.92 Å². The minimum atomic E-state index is -1.01. The summed E-state index contributed by atoms with van der Waals surface area (Å²) in [5.74, 6) is -0.817. The number of hydrogen-bond acceptors (Lipinski definition) is 3. The molecule has 0 aliphatic heterocycles. The lowest BCUT2D eigenvalue weighted by atomic mass is 10.1. The van der Waals surface area contributed by atoms with Gasteiger partial charge in [-0.05, 0) is 25.1 Å². The Morgan fingerprint density at radius 1 is 1.35 bits per heavy atom. The Morgan fingerprint density at radius 3 is 2.70 bits per heavy atom. The molecular weight excluding hydrogens is 259 g/mol. The number of carboxylic acid groups (broad SMARTS) is 1. The third-order valence-corrected chi connectivity index (χ3v) is 3.29. The number of aromatic nitrogens is 1. The molecule has 0 radical (unpaired) electrons. The van der Waals surface area contributed by atoms with E-state index in [0.717, 1.165) is 0 Å². The fourth-order valence-corrected chi connectivity index (χ4v) is 1.97. The molecule has 1 aromatic heterocycles. The van der Waals surface area contributed by atoms with E-state index in [2.05, 4.69) is 4.98 Å². The van der Waals surface area contributed by atoms with E-state index in [1.165, 1.54) is 24.4 Å². The largest absolute Gasteiger partial charge is 0.478 e. The highest BCUT2D eigenvalue weighted by atomic mass is 19.1. The van der Waals surface area contributed by atoms with Gasteiger partial charge in [-0.25, -0.2) is 14.2 Å². The zero-order valence-corrected chi connectivity index (χ0v) is 11.2. The van der Waals surface area contributed by atoms with Crippen molar-refractivity contribution < 1.29 is 14.3 Å². The maximum Gasteiger partial charge on any atom is 0.335 e. The molecule has 0 aliphatic carbocycles. The Hall–Kier alpha value is -2.43. The van der Waals surface area contributed by atoms with Crippen molar-refractivity contribution in [2.45, 2.75) is 13.0 Å². The molecule has 1 atom stereocenters. The Labute approximate surface area is 116 Å². The maximum absolute atomic E-state index is 13.8. The van der Waals surface area contributed by atoms with Crippen molar-refractivity contribution in [2.75, 3.05) is 11.9 Å². The molecular formula is C15H15FN2O2. The fraction of sp³-hybridized carbons (Fsp3) is 0.200. The summed E-state index contributed by atoms with van der Waals surface area (Å²) < 4.78 is 13.8. The number of hydrogen-bond donors (Lipinski definition) is 1. The van der Waals surface area contributed by atoms with Crippen LogP contribution in [0.25, 0.3) is 0 Å². The van der Waals surface area contributed by atoms with E-state index >= 15 is 0 Å². The predicted molar refractivity (Wildman–Crippen MR) is 74.4 cm³/mol. The number of benzene rings is 1. The fourth-order valence-electron chi connectivity index (χ4n) is 1.97. The smallest absolute Gasteiger partial charge is 0.335 e. The molecule has 1 N–H and O–H groups in total. The van der Waals surface area contributed by atoms with Crippen LogP contribution in [-0.4, -0.2) is 23.1 Å². The average Bonchev–Trinajstić information content (AvgIpc) is 2.46. The normalized spacial score (nSPS) is 11.9. The van der Waals surface area contributed by atoms with Crippen molar-refractivity contribution in [3.63, 3.8) is 0 Å². The zero-order chi connectivity index (χ0) is 14.7. The number of anilines is 1. The first kappa shape index (κ1) is 14.0. The number of nitrogens with zero attached hydrogens (tertiary/aromatic N) is 2. The van der Waals surface area contributed by atoms with Gasteiger partial charge in [-0.15, -0.1) is 0 Å². The number of rotatable bonds is 4. The predicted octanol–water partition coefficient (Wildman–Crippen LogP) is 3.12. The number of carboxylic acids is 1. The van der Waals surface area contributed by atoms with Gasteiger partial charge in [0.15, 0.2) is 0 Å². The summed E-state index contributed by atoms with van der Waals surface area (Å²) in [5, 5.41) is 8.98. The van der Waals surface area contributed by atoms with E-state index < -0.39 is 5.97 Å². The van der Waals surface area contributed by atoms with E-state index in [9.17, 15) is 9.18 Å². The van der Waals surface area contributed by atoms with Crippen LogP contribution in [0.4, 0.5) is 10.2 Å². The van der Waals surface area contributed by atoms with Gasteiger partial charge >= 0.3 is 5.97 Å². The van der Waals surface area contributed by atoms with Gasteiger partial charge in [0.25, 0.3) is 0 Å². The summed E-state index contributed by atoms with van der Waals surface area (Å²) in [5.41, 5.74) is 0.695. The van der Waals surface area contributed by atoms with E-state index in [-0.39, 0.29) is 17.4 Å². The highest BCUT2D eigenvalue weighted by Gasteiger charge is 2.17. The van der Waals surface area contributed by atoms with Crippen LogP contribution < -0.4 is 4.90 Å². The van der Waals surface area contributed by atoms with E-state index in [1.54, 1.807) is 30.1 Å². The second-order valence-corrected chi connectivity index (χ2v) is 4.52. The molecule has 20 heavy (non-hydrogen) atoms. The summed E-state index contributed by atoms with van der Waals surface area (Å²) in [7, 11) is 1.76. The second-order valence-electron chi connectivity index (χ2n) is 4.52. The van der Waals surface area contributed by atoms with E-state index in [0.29, 0.717) is 11.4 Å². The first-order chi connectivity index (χ1) is 9.50. The van der Waals surface area contributed by atoms with Gasteiger partial charge in [-0.3, -0.25) is 0 Å². The SMILES string of the molecule is CC(c1ccccc1F)N(C)c1cc(C(=O)O)ccn1. The molecule has 2 aromatic rings. The summed E-state index contributed by atoms with van der Waals surface area (Å²) in [4.78, 5) is 16.8. The first-order valence-corrected chi connectivity index (χ1v) is 6.17. The molecule has 5 heteroatoms. The van der Waals surface area contributed by atoms with Gasteiger partial charge < -0.3 is 10.0 Å². The quantitative estimate of drug-likeness (QED) is 0.930. The van der Waals surface area contributed by atoms with Gasteiger partial charge in [0, 0.05) is 18.8 Å². The Kier molecular flexibility index (Phi) is 3.98. The van der Waals surface area contributed by atoms with Crippen LogP contribution in [0.3, 0.4) is 0 Å². The summed E-state index contributed by atoms with van der Waals surface area (Å²) >= 11 is 0. The van der Waals surface area contributed by atoms with Gasteiger partial charge in [0.05, 0.1) is 11.6 Å². The highest BCUT2D eigenvalue weighted by molar-refractivity contribution is 5.88. The Morgan fingerprint density at radius 2 is 2.05 bits per heavy atom. The molecule has 1 unspecified atom stereocenters. The van der Waals surface area contributed by atoms with Crippen LogP contribution in [0.1, 0.15) is 28.9 Å². The highest BCUT2D eigenvalue weighted by Crippen LogP contribution is 2.25. The standard InChI is InChI=1S/C15H15FN2O2/c1-10(12-5-3-4-6-13(12)16)18(2)14-9-11(15(19)20)7-8-17-14/h3-10H,1-2H3,(H,19,20). The average molecular weight is 274 g/mol. The van der Waals surface area contributed by atoms with Gasteiger partial charge in [-0.1, -0.05) is 18.2 Å². The molecule has 0 aliphatic rings. The molecule has 1 aromatic carbocycles. The molecule has 104 valence electrons. The number of halogens is 1. The number of pyridine rings is 1. The Bertz CT molecular complexity index is 631. The van der Waals surface area contributed by atoms with Crippen LogP contribution in [0.2, 0.25) is 0 Å². The molecule has 4 nitrogen and oxygen atoms in total. The van der Waals surface area contributed by atoms with Crippen LogP contribution in [-0.2, 0) is 0 Å². The number of carbonyl (C=O) groups is 1. The van der Waals surface area contributed by atoms with E-state index in [4.69, 9.17) is 5.11 Å². The molecule has 0 saturated heterocycles. The van der Waals surface area contributed by atoms with Crippen LogP contribution in [0, 0.1) is 5.82 Å². The summed E-state index contributed by atoms with van der Waals surface area (Å²) in [6.07, 6.45) is 1.43. The van der Waals surface area contributed by atoms with Crippen molar-refractivity contribution in [2.24, 2.45) is 0 Å². The molecule has 2 rings (SSSR count). The molecule has 0 fully saturated rings. The molecule has 0 saturated carbocycles. The van der Waals surface area contributed by atoms with Gasteiger partial charge in [0.2, 0.25) is 0 Å². The molecule has 0 amide bonds. The molecule has 1 heterocycles. The lowest BCUT2D eigenvalue weighted by molar-refractivity contribution is 0.0697. The molecule has 0 bridgehead atoms. The first-order valence-electron chi connectivity index (χ1n) is 6.17. The minimum absolute atomic E-state index is 0.155. The zero-order valence-electron chi connectivity index (χ0n) is 11.2. The minimum Gasteiger partial charge on any atom is -0.478 e. The van der Waals surface area contributed by atoms with Crippen LogP contribution in [0.15, 0.2) is 42.6 Å². The summed E-state index contributed by atoms with van der Waals surface area (Å²) in [6.45, 7) is 1.84. The lowest BCUT2D eigenvalue weighted by Gasteiger charge is -2.26. The molecule has 0 spiro atoms. The third-order valence-electron chi connectivity index (χ3n) is 3.29. The monoisotopic (exact) mass is 274 g/mol. The van der Waals surface area contributed by atoms with Crippen molar-refractivity contribution in [1.29, 1.82) is 0 Å². The van der Waals surface area contributed by atoms with Gasteiger partial charge in [-0.2, -0.15) is 0 Å². The van der Waals surface area contributed by atoms with Gasteiger partial charge in [0.1, 0.15) is 11.6 Å². The van der Waals surface area contributed by atoms with Crippen molar-refractivity contribution >= 4 is 11.8 Å². The lowest BCUT2D eigenvalue weighted by Crippen LogP contribution is -2.23. The van der Waals surface area contributed by atoms with Crippen LogP contribution >= 0.6 is 0 Å². The van der Waals surface area contributed by atoms with Crippen molar-refractivity contribution in [3.8, 4) is 0 Å². The maximum atomic E-state index is 13.8. The third kappa shape index (κ3) is 2.77. The number of aromatic carboxylic acids is 1. The van der Waals surface area contributed by atoms with Crippen LogP contribution in [0.5, 0.6) is 0 Å². The summed E-state index contributed by atoms with van der Waals surface area (Å²) in [6, 6.07) is 9.15. The topological polar surface area (TPSA) is 53.4 Å². The second kappa shape index (κ2) is 5.69. The van der Waals surface area contributed by atoms with Crippen molar-refractivity contribution in [3.05, 3.63) is 59.5 Å². The van der Waals surface area contributed by atoms with Crippen molar-refractivity contribution in [1.82, 2.24) is 4.98 Å².